The van der Waals surface area contributed by atoms with E-state index in [-0.39, 0.29) is 30.3 Å². The lowest BCUT2D eigenvalue weighted by Crippen LogP contribution is -2.04. The maximum absolute atomic E-state index is 11.9. The van der Waals surface area contributed by atoms with Crippen molar-refractivity contribution in [3.8, 4) is 0 Å². The van der Waals surface area contributed by atoms with Gasteiger partial charge in [-0.25, -0.2) is 4.79 Å². The van der Waals surface area contributed by atoms with E-state index in [1.165, 1.54) is 23.5 Å². The third-order valence-electron chi connectivity index (χ3n) is 2.27. The lowest BCUT2D eigenvalue weighted by Gasteiger charge is -1.97. The number of hydrogen-bond acceptors (Lipinski definition) is 5. The maximum Gasteiger partial charge on any atom is 0.374 e. The molecular weight excluding hydrogens is 252 g/mol. The summed E-state index contributed by atoms with van der Waals surface area (Å²) in [5.41, 5.74) is 0. The molecule has 94 valence electrons. The first-order valence-corrected chi connectivity index (χ1v) is 6.41. The topological polar surface area (TPSA) is 56.5 Å². The number of esters is 1. The van der Waals surface area contributed by atoms with E-state index in [9.17, 15) is 9.59 Å². The van der Waals surface area contributed by atoms with Crippen LogP contribution in [0.5, 0.6) is 0 Å². The molecule has 2 aromatic heterocycles. The molecule has 0 aliphatic rings. The fourth-order valence-electron chi connectivity index (χ4n) is 1.46. The first-order valence-electron chi connectivity index (χ1n) is 5.53. The lowest BCUT2D eigenvalue weighted by molar-refractivity contribution is 0.0488. The smallest absolute Gasteiger partial charge is 0.374 e. The Balaban J connectivity index is 2.05. The summed E-state index contributed by atoms with van der Waals surface area (Å²) >= 11 is 1.51. The number of ether oxygens (including phenoxy) is 1. The van der Waals surface area contributed by atoms with Gasteiger partial charge >= 0.3 is 5.97 Å². The average Bonchev–Trinajstić information content (AvgIpc) is 2.99. The van der Waals surface area contributed by atoms with E-state index < -0.39 is 5.97 Å². The van der Waals surface area contributed by atoms with E-state index in [1.807, 2.05) is 17.5 Å². The Morgan fingerprint density at radius 1 is 1.28 bits per heavy atom. The van der Waals surface area contributed by atoms with Gasteiger partial charge in [-0.3, -0.25) is 4.79 Å². The fourth-order valence-corrected chi connectivity index (χ4v) is 2.16. The van der Waals surface area contributed by atoms with E-state index >= 15 is 0 Å². The predicted molar refractivity (Wildman–Crippen MR) is 67.0 cm³/mol. The molecule has 0 atom stereocenters. The standard InChI is InChI=1S/C13H12O4S/c1-2-16-13(15)12-6-5-11(17-12)10(14)8-9-4-3-7-18-9/h3-7H,2,8H2,1H3. The number of ketones is 1. The second-order valence-corrected chi connectivity index (χ2v) is 4.60. The van der Waals surface area contributed by atoms with Gasteiger partial charge in [-0.2, -0.15) is 0 Å². The summed E-state index contributed by atoms with van der Waals surface area (Å²) in [6, 6.07) is 6.74. The van der Waals surface area contributed by atoms with Crippen molar-refractivity contribution in [2.45, 2.75) is 13.3 Å². The minimum atomic E-state index is -0.548. The van der Waals surface area contributed by atoms with Crippen molar-refractivity contribution < 1.29 is 18.7 Å². The molecule has 5 heteroatoms. The van der Waals surface area contributed by atoms with Crippen LogP contribution in [-0.4, -0.2) is 18.4 Å². The highest BCUT2D eigenvalue weighted by Crippen LogP contribution is 2.15. The van der Waals surface area contributed by atoms with Gasteiger partial charge in [0, 0.05) is 11.3 Å². The van der Waals surface area contributed by atoms with Crippen LogP contribution < -0.4 is 0 Å². The molecule has 2 aromatic rings. The molecular formula is C13H12O4S. The number of rotatable bonds is 5. The van der Waals surface area contributed by atoms with Crippen molar-refractivity contribution in [2.75, 3.05) is 6.61 Å². The summed E-state index contributed by atoms with van der Waals surface area (Å²) < 4.78 is 9.97. The van der Waals surface area contributed by atoms with Gasteiger partial charge in [0.15, 0.2) is 5.76 Å². The zero-order valence-corrected chi connectivity index (χ0v) is 10.7. The van der Waals surface area contributed by atoms with Gasteiger partial charge in [0.25, 0.3) is 0 Å². The van der Waals surface area contributed by atoms with Crippen LogP contribution in [0.15, 0.2) is 34.1 Å². The Kier molecular flexibility index (Phi) is 3.94. The zero-order chi connectivity index (χ0) is 13.0. The van der Waals surface area contributed by atoms with E-state index in [0.29, 0.717) is 0 Å². The molecule has 0 saturated carbocycles. The van der Waals surface area contributed by atoms with Crippen LogP contribution >= 0.6 is 11.3 Å². The molecule has 0 spiro atoms. The molecule has 2 rings (SSSR count). The third-order valence-corrected chi connectivity index (χ3v) is 3.15. The molecule has 0 N–H and O–H groups in total. The monoisotopic (exact) mass is 264 g/mol. The van der Waals surface area contributed by atoms with Gasteiger partial charge < -0.3 is 9.15 Å². The van der Waals surface area contributed by atoms with E-state index in [1.54, 1.807) is 6.92 Å². The van der Waals surface area contributed by atoms with Crippen LogP contribution in [0.2, 0.25) is 0 Å². The second kappa shape index (κ2) is 5.64. The van der Waals surface area contributed by atoms with Crippen LogP contribution in [0.25, 0.3) is 0 Å². The van der Waals surface area contributed by atoms with Crippen LogP contribution in [0.4, 0.5) is 0 Å². The summed E-state index contributed by atoms with van der Waals surface area (Å²) in [5, 5.41) is 1.91. The first-order chi connectivity index (χ1) is 8.70. The summed E-state index contributed by atoms with van der Waals surface area (Å²) in [4.78, 5) is 24.2. The Labute approximate surface area is 108 Å². The number of carbonyl (C=O) groups is 2. The van der Waals surface area contributed by atoms with Crippen molar-refractivity contribution >= 4 is 23.1 Å². The van der Waals surface area contributed by atoms with Crippen LogP contribution in [-0.2, 0) is 11.2 Å². The lowest BCUT2D eigenvalue weighted by atomic mass is 10.2. The summed E-state index contributed by atoms with van der Waals surface area (Å²) in [6.45, 7) is 1.99. The predicted octanol–water partition coefficient (Wildman–Crippen LogP) is 2.94. The van der Waals surface area contributed by atoms with Crippen LogP contribution in [0.1, 0.15) is 32.9 Å². The van der Waals surface area contributed by atoms with Crippen LogP contribution in [0, 0.1) is 0 Å². The van der Waals surface area contributed by atoms with Crippen molar-refractivity contribution in [1.82, 2.24) is 0 Å². The first kappa shape index (κ1) is 12.6. The highest BCUT2D eigenvalue weighted by molar-refractivity contribution is 7.10. The van der Waals surface area contributed by atoms with Crippen LogP contribution in [0.3, 0.4) is 0 Å². The van der Waals surface area contributed by atoms with Gasteiger partial charge in [0.1, 0.15) is 0 Å². The Bertz CT molecular complexity index is 539. The van der Waals surface area contributed by atoms with Gasteiger partial charge in [-0.05, 0) is 30.5 Å². The van der Waals surface area contributed by atoms with Gasteiger partial charge in [0.2, 0.25) is 11.5 Å². The summed E-state index contributed by atoms with van der Waals surface area (Å²) in [5.74, 6) is -0.446. The summed E-state index contributed by atoms with van der Waals surface area (Å²) in [7, 11) is 0. The molecule has 0 bridgehead atoms. The zero-order valence-electron chi connectivity index (χ0n) is 9.84. The summed E-state index contributed by atoms with van der Waals surface area (Å²) in [6.07, 6.45) is 0.285. The highest BCUT2D eigenvalue weighted by atomic mass is 32.1. The molecule has 18 heavy (non-hydrogen) atoms. The largest absolute Gasteiger partial charge is 0.460 e. The minimum Gasteiger partial charge on any atom is -0.460 e. The molecule has 0 radical (unpaired) electrons. The fraction of sp³-hybridized carbons (Fsp3) is 0.231. The molecule has 0 saturated heterocycles. The molecule has 4 nitrogen and oxygen atoms in total. The minimum absolute atomic E-state index is 0.0615. The van der Waals surface area contributed by atoms with Crippen molar-refractivity contribution in [3.63, 3.8) is 0 Å². The van der Waals surface area contributed by atoms with E-state index in [0.717, 1.165) is 4.88 Å². The Hall–Kier alpha value is -1.88. The molecule has 0 fully saturated rings. The quantitative estimate of drug-likeness (QED) is 0.615. The Morgan fingerprint density at radius 3 is 2.72 bits per heavy atom. The normalized spacial score (nSPS) is 10.3. The molecule has 0 aromatic carbocycles. The average molecular weight is 264 g/mol. The van der Waals surface area contributed by atoms with Gasteiger partial charge in [-0.15, -0.1) is 11.3 Å². The highest BCUT2D eigenvalue weighted by Gasteiger charge is 2.16. The SMILES string of the molecule is CCOC(=O)c1ccc(C(=O)Cc2cccs2)o1. The number of furan rings is 1. The number of thiophene rings is 1. The molecule has 2 heterocycles. The van der Waals surface area contributed by atoms with Crippen molar-refractivity contribution in [1.29, 1.82) is 0 Å². The number of Topliss-reactive ketones (excluding diaryl/α,β-unsaturated/α-hetero) is 1. The van der Waals surface area contributed by atoms with Gasteiger partial charge in [0.05, 0.1) is 6.61 Å². The Morgan fingerprint density at radius 2 is 2.06 bits per heavy atom. The van der Waals surface area contributed by atoms with E-state index in [4.69, 9.17) is 9.15 Å². The van der Waals surface area contributed by atoms with Crippen molar-refractivity contribution in [3.05, 3.63) is 46.0 Å². The number of hydrogen-bond donors (Lipinski definition) is 0. The molecule has 0 aliphatic carbocycles. The number of carbonyl (C=O) groups excluding carboxylic acids is 2. The maximum atomic E-state index is 11.9. The third kappa shape index (κ3) is 2.87. The molecule has 0 unspecified atom stereocenters. The van der Waals surface area contributed by atoms with Gasteiger partial charge in [-0.1, -0.05) is 6.07 Å². The second-order valence-electron chi connectivity index (χ2n) is 3.56. The van der Waals surface area contributed by atoms with Crippen molar-refractivity contribution in [2.24, 2.45) is 0 Å². The molecule has 0 amide bonds. The molecule has 0 aliphatic heterocycles. The van der Waals surface area contributed by atoms with E-state index in [2.05, 4.69) is 0 Å².